The minimum Gasteiger partial charge on any atom is -0.492 e. The lowest BCUT2D eigenvalue weighted by molar-refractivity contribution is 0.0940. The summed E-state index contributed by atoms with van der Waals surface area (Å²) in [6, 6.07) is 8.12. The molecule has 31 heavy (non-hydrogen) atoms. The topological polar surface area (TPSA) is 107 Å². The fraction of sp³-hybridized carbons (Fsp3) is 0.348. The van der Waals surface area contributed by atoms with Gasteiger partial charge < -0.3 is 21.1 Å². The van der Waals surface area contributed by atoms with Gasteiger partial charge in [-0.3, -0.25) is 9.48 Å². The molecule has 162 valence electrons. The van der Waals surface area contributed by atoms with E-state index >= 15 is 0 Å². The van der Waals surface area contributed by atoms with Crippen LogP contribution in [0.15, 0.2) is 42.9 Å². The maximum absolute atomic E-state index is 12.9. The number of nitrogens with two attached hydrogens (primary N) is 1. The van der Waals surface area contributed by atoms with E-state index in [-0.39, 0.29) is 23.8 Å². The smallest absolute Gasteiger partial charge is 0.255 e. The second kappa shape index (κ2) is 8.77. The first-order valence-electron chi connectivity index (χ1n) is 10.4. The molecule has 1 fully saturated rings. The van der Waals surface area contributed by atoms with Crippen LogP contribution in [0.1, 0.15) is 27.9 Å². The summed E-state index contributed by atoms with van der Waals surface area (Å²) in [6.45, 7) is 5.35. The molecule has 0 unspecified atom stereocenters. The summed E-state index contributed by atoms with van der Waals surface area (Å²) in [5.41, 5.74) is 10.4. The highest BCUT2D eigenvalue weighted by Gasteiger charge is 2.27. The lowest BCUT2D eigenvalue weighted by Crippen LogP contribution is -2.36. The number of aromatic nitrogens is 3. The molecule has 4 rings (SSSR count). The highest BCUT2D eigenvalue weighted by molar-refractivity contribution is 5.99. The molecule has 1 aromatic carbocycles. The van der Waals surface area contributed by atoms with Gasteiger partial charge in [-0.25, -0.2) is 4.98 Å². The Morgan fingerprint density at radius 1 is 1.23 bits per heavy atom. The fourth-order valence-electron chi connectivity index (χ4n) is 3.92. The van der Waals surface area contributed by atoms with Crippen molar-refractivity contribution in [3.63, 3.8) is 0 Å². The van der Waals surface area contributed by atoms with E-state index in [1.165, 1.54) is 11.1 Å². The van der Waals surface area contributed by atoms with E-state index in [9.17, 15) is 4.79 Å². The lowest BCUT2D eigenvalue weighted by Gasteiger charge is -2.15. The molecule has 4 N–H and O–H groups in total. The average molecular weight is 421 g/mol. The van der Waals surface area contributed by atoms with Crippen molar-refractivity contribution in [3.8, 4) is 16.9 Å². The number of pyridine rings is 1. The summed E-state index contributed by atoms with van der Waals surface area (Å²) in [4.78, 5) is 17.1. The molecular formula is C23H28N6O2. The summed E-state index contributed by atoms with van der Waals surface area (Å²) < 4.78 is 7.67. The minimum absolute atomic E-state index is 0.00166. The SMILES string of the molecule is Cc1cc(C)cc(OC[C@@H]2C[C@H](NC(=O)c3cc(-c4cnn(C)c4)cnc3N)CN2)c1. The molecule has 1 amide bonds. The number of hydrogen-bond acceptors (Lipinski definition) is 6. The number of carbonyl (C=O) groups is 1. The van der Waals surface area contributed by atoms with E-state index < -0.39 is 0 Å². The quantitative estimate of drug-likeness (QED) is 0.565. The molecule has 2 aromatic heterocycles. The number of aryl methyl sites for hydroxylation is 3. The highest BCUT2D eigenvalue weighted by Crippen LogP contribution is 2.22. The first-order chi connectivity index (χ1) is 14.9. The first-order valence-corrected chi connectivity index (χ1v) is 10.4. The van der Waals surface area contributed by atoms with E-state index in [1.54, 1.807) is 23.1 Å². The minimum atomic E-state index is -0.224. The van der Waals surface area contributed by atoms with Crippen LogP contribution >= 0.6 is 0 Å². The van der Waals surface area contributed by atoms with Crippen LogP contribution in [0, 0.1) is 13.8 Å². The van der Waals surface area contributed by atoms with Crippen LogP contribution in [0.2, 0.25) is 0 Å². The molecule has 0 saturated carbocycles. The Morgan fingerprint density at radius 3 is 2.71 bits per heavy atom. The third-order valence-electron chi connectivity index (χ3n) is 5.40. The number of benzene rings is 1. The molecule has 0 aliphatic carbocycles. The molecule has 1 aliphatic heterocycles. The largest absolute Gasteiger partial charge is 0.492 e. The van der Waals surface area contributed by atoms with Crippen molar-refractivity contribution in [2.45, 2.75) is 32.4 Å². The van der Waals surface area contributed by atoms with Crippen molar-refractivity contribution >= 4 is 11.7 Å². The molecule has 1 aliphatic rings. The van der Waals surface area contributed by atoms with E-state index in [2.05, 4.69) is 40.6 Å². The summed E-state index contributed by atoms with van der Waals surface area (Å²) in [5, 5.41) is 10.7. The molecule has 3 heterocycles. The van der Waals surface area contributed by atoms with E-state index in [0.717, 1.165) is 23.3 Å². The van der Waals surface area contributed by atoms with Crippen molar-refractivity contribution < 1.29 is 9.53 Å². The first kappa shape index (κ1) is 20.9. The molecule has 8 nitrogen and oxygen atoms in total. The molecule has 0 bridgehead atoms. The standard InChI is InChI=1S/C23H28N6O2/c1-14-4-15(2)6-20(5-14)31-13-19-8-18(11-25-19)28-23(30)21-7-16(9-26-22(21)24)17-10-27-29(3)12-17/h4-7,9-10,12,18-19,25H,8,11,13H2,1-3H3,(H2,24,26)(H,28,30)/t18-,19-/m0/s1. The predicted molar refractivity (Wildman–Crippen MR) is 120 cm³/mol. The zero-order chi connectivity index (χ0) is 22.0. The third-order valence-corrected chi connectivity index (χ3v) is 5.40. The summed E-state index contributed by atoms with van der Waals surface area (Å²) in [5.74, 6) is 0.863. The molecule has 2 atom stereocenters. The Bertz CT molecular complexity index is 1070. The van der Waals surface area contributed by atoms with Gasteiger partial charge in [-0.15, -0.1) is 0 Å². The van der Waals surface area contributed by atoms with Crippen molar-refractivity contribution in [1.82, 2.24) is 25.4 Å². The Labute approximate surface area is 181 Å². The van der Waals surface area contributed by atoms with Crippen LogP contribution in [0.5, 0.6) is 5.75 Å². The van der Waals surface area contributed by atoms with Crippen molar-refractivity contribution in [2.75, 3.05) is 18.9 Å². The van der Waals surface area contributed by atoms with Gasteiger partial charge in [0, 0.05) is 49.2 Å². The Balaban J connectivity index is 1.35. The Hall–Kier alpha value is -3.39. The number of carbonyl (C=O) groups excluding carboxylic acids is 1. The van der Waals surface area contributed by atoms with Crippen molar-refractivity contribution in [1.29, 1.82) is 0 Å². The normalized spacial score (nSPS) is 18.2. The lowest BCUT2D eigenvalue weighted by atomic mass is 10.1. The Morgan fingerprint density at radius 2 is 2.00 bits per heavy atom. The van der Waals surface area contributed by atoms with Crippen LogP contribution in [-0.4, -0.2) is 45.9 Å². The Kier molecular flexibility index (Phi) is 5.90. The number of amides is 1. The number of anilines is 1. The fourth-order valence-corrected chi connectivity index (χ4v) is 3.92. The predicted octanol–water partition coefficient (Wildman–Crippen LogP) is 2.22. The van der Waals surface area contributed by atoms with Crippen LogP contribution in [0.4, 0.5) is 5.82 Å². The maximum Gasteiger partial charge on any atom is 0.255 e. The van der Waals surface area contributed by atoms with Crippen LogP contribution in [0.3, 0.4) is 0 Å². The third kappa shape index (κ3) is 5.03. The van der Waals surface area contributed by atoms with Crippen molar-refractivity contribution in [2.24, 2.45) is 7.05 Å². The van der Waals surface area contributed by atoms with E-state index in [1.807, 2.05) is 25.4 Å². The van der Waals surface area contributed by atoms with Gasteiger partial charge in [0.2, 0.25) is 0 Å². The number of ether oxygens (including phenoxy) is 1. The molecule has 8 heteroatoms. The summed E-state index contributed by atoms with van der Waals surface area (Å²) >= 11 is 0. The monoisotopic (exact) mass is 420 g/mol. The highest BCUT2D eigenvalue weighted by atomic mass is 16.5. The number of nitrogen functional groups attached to an aromatic ring is 1. The molecule has 0 radical (unpaired) electrons. The van der Waals surface area contributed by atoms with Gasteiger partial charge in [0.05, 0.1) is 11.8 Å². The second-order valence-electron chi connectivity index (χ2n) is 8.21. The van der Waals surface area contributed by atoms with Gasteiger partial charge in [-0.1, -0.05) is 6.07 Å². The van der Waals surface area contributed by atoms with Gasteiger partial charge in [-0.2, -0.15) is 5.10 Å². The van der Waals surface area contributed by atoms with Gasteiger partial charge >= 0.3 is 0 Å². The molecule has 3 aromatic rings. The van der Waals surface area contributed by atoms with Crippen LogP contribution in [0.25, 0.3) is 11.1 Å². The zero-order valence-electron chi connectivity index (χ0n) is 18.1. The number of nitrogens with one attached hydrogen (secondary N) is 2. The van der Waals surface area contributed by atoms with E-state index in [4.69, 9.17) is 10.5 Å². The van der Waals surface area contributed by atoms with E-state index in [0.29, 0.717) is 18.7 Å². The van der Waals surface area contributed by atoms with Crippen molar-refractivity contribution in [3.05, 3.63) is 59.5 Å². The molecule has 0 spiro atoms. The number of hydrogen-bond donors (Lipinski definition) is 3. The molecule has 1 saturated heterocycles. The summed E-state index contributed by atoms with van der Waals surface area (Å²) in [6.07, 6.45) is 6.04. The van der Waals surface area contributed by atoms with Crippen LogP contribution in [-0.2, 0) is 7.05 Å². The molecular weight excluding hydrogens is 392 g/mol. The summed E-state index contributed by atoms with van der Waals surface area (Å²) in [7, 11) is 1.84. The van der Waals surface area contributed by atoms with Gasteiger partial charge in [0.1, 0.15) is 18.2 Å². The zero-order valence-corrected chi connectivity index (χ0v) is 18.1. The van der Waals surface area contributed by atoms with Crippen LogP contribution < -0.4 is 21.1 Å². The second-order valence-corrected chi connectivity index (χ2v) is 8.21. The van der Waals surface area contributed by atoms with Gasteiger partial charge in [0.25, 0.3) is 5.91 Å². The number of nitrogens with zero attached hydrogens (tertiary/aromatic N) is 3. The van der Waals surface area contributed by atoms with Gasteiger partial charge in [0.15, 0.2) is 0 Å². The average Bonchev–Trinajstić information content (AvgIpc) is 3.35. The maximum atomic E-state index is 12.9. The van der Waals surface area contributed by atoms with Gasteiger partial charge in [-0.05, 0) is 49.6 Å². The number of rotatable bonds is 6.